The van der Waals surface area contributed by atoms with E-state index in [9.17, 15) is 9.59 Å². The highest BCUT2D eigenvalue weighted by Crippen LogP contribution is 2.16. The number of ketones is 2. The Kier molecular flexibility index (Phi) is 2.96. The van der Waals surface area contributed by atoms with Crippen LogP contribution in [0.4, 0.5) is 0 Å². The number of carbonyl (C=O) groups is 2. The maximum atomic E-state index is 11.4. The first-order valence-electron chi connectivity index (χ1n) is 4.29. The van der Waals surface area contributed by atoms with Gasteiger partial charge in [-0.3, -0.25) is 9.59 Å². The standard InChI is InChI=1S/C11H12O2/c1-3-5-9-7-10(12)8(4-2)6-11(9)13/h3,6-7H,1,4-5H2,2H3. The van der Waals surface area contributed by atoms with Crippen molar-refractivity contribution >= 4 is 11.6 Å². The molecule has 68 valence electrons. The zero-order chi connectivity index (χ0) is 9.84. The third-order valence-electron chi connectivity index (χ3n) is 1.99. The lowest BCUT2D eigenvalue weighted by Crippen LogP contribution is -2.12. The third-order valence-corrected chi connectivity index (χ3v) is 1.99. The minimum atomic E-state index is -0.0589. The van der Waals surface area contributed by atoms with Crippen molar-refractivity contribution in [1.29, 1.82) is 0 Å². The van der Waals surface area contributed by atoms with Crippen molar-refractivity contribution in [2.75, 3.05) is 0 Å². The molecule has 1 aliphatic carbocycles. The predicted octanol–water partition coefficient (Wildman–Crippen LogP) is 1.98. The molecule has 0 fully saturated rings. The van der Waals surface area contributed by atoms with Gasteiger partial charge in [0.05, 0.1) is 0 Å². The summed E-state index contributed by atoms with van der Waals surface area (Å²) in [6.07, 6.45) is 5.56. The molecule has 1 aliphatic rings. The van der Waals surface area contributed by atoms with E-state index in [1.807, 2.05) is 6.92 Å². The first-order chi connectivity index (χ1) is 6.19. The topological polar surface area (TPSA) is 34.1 Å². The lowest BCUT2D eigenvalue weighted by Gasteiger charge is -2.08. The molecule has 1 rings (SSSR count). The lowest BCUT2D eigenvalue weighted by atomic mass is 9.94. The highest BCUT2D eigenvalue weighted by Gasteiger charge is 2.17. The SMILES string of the molecule is C=CCC1=CC(=O)C(CC)=CC1=O. The van der Waals surface area contributed by atoms with Crippen molar-refractivity contribution in [3.05, 3.63) is 36.0 Å². The number of hydrogen-bond acceptors (Lipinski definition) is 2. The van der Waals surface area contributed by atoms with Gasteiger partial charge in [0.2, 0.25) is 0 Å². The summed E-state index contributed by atoms with van der Waals surface area (Å²) in [4.78, 5) is 22.7. The maximum Gasteiger partial charge on any atom is 0.182 e. The van der Waals surface area contributed by atoms with E-state index in [2.05, 4.69) is 6.58 Å². The molecule has 0 saturated carbocycles. The minimum absolute atomic E-state index is 0.0426. The molecule has 0 radical (unpaired) electrons. The summed E-state index contributed by atoms with van der Waals surface area (Å²) in [5, 5.41) is 0. The summed E-state index contributed by atoms with van der Waals surface area (Å²) in [5.74, 6) is -0.102. The van der Waals surface area contributed by atoms with E-state index in [0.29, 0.717) is 24.0 Å². The summed E-state index contributed by atoms with van der Waals surface area (Å²) >= 11 is 0. The fraction of sp³-hybridized carbons (Fsp3) is 0.273. The molecule has 0 aromatic carbocycles. The zero-order valence-electron chi connectivity index (χ0n) is 7.67. The first kappa shape index (κ1) is 9.65. The summed E-state index contributed by atoms with van der Waals surface area (Å²) in [5.41, 5.74) is 1.13. The fourth-order valence-corrected chi connectivity index (χ4v) is 1.24. The summed E-state index contributed by atoms with van der Waals surface area (Å²) in [6, 6.07) is 0. The van der Waals surface area contributed by atoms with Crippen LogP contribution < -0.4 is 0 Å². The molecule has 13 heavy (non-hydrogen) atoms. The van der Waals surface area contributed by atoms with Crippen molar-refractivity contribution < 1.29 is 9.59 Å². The Hall–Kier alpha value is -1.44. The molecular weight excluding hydrogens is 164 g/mol. The predicted molar refractivity (Wildman–Crippen MR) is 51.3 cm³/mol. The molecule has 0 aromatic rings. The molecule has 0 amide bonds. The molecule has 0 atom stereocenters. The molecule has 0 unspecified atom stereocenters. The minimum Gasteiger partial charge on any atom is -0.290 e. The smallest absolute Gasteiger partial charge is 0.182 e. The zero-order valence-corrected chi connectivity index (χ0v) is 7.67. The van der Waals surface area contributed by atoms with Crippen LogP contribution in [0.2, 0.25) is 0 Å². The van der Waals surface area contributed by atoms with Crippen LogP contribution in [0.1, 0.15) is 19.8 Å². The van der Waals surface area contributed by atoms with Crippen LogP contribution in [0.25, 0.3) is 0 Å². The van der Waals surface area contributed by atoms with Crippen molar-refractivity contribution in [2.24, 2.45) is 0 Å². The molecular formula is C11H12O2. The normalized spacial score (nSPS) is 16.7. The molecule has 2 nitrogen and oxygen atoms in total. The van der Waals surface area contributed by atoms with Gasteiger partial charge in [-0.05, 0) is 25.0 Å². The van der Waals surface area contributed by atoms with Crippen LogP contribution in [0.15, 0.2) is 36.0 Å². The molecule has 0 aliphatic heterocycles. The molecule has 0 heterocycles. The van der Waals surface area contributed by atoms with Gasteiger partial charge >= 0.3 is 0 Å². The highest BCUT2D eigenvalue weighted by atomic mass is 16.1. The van der Waals surface area contributed by atoms with E-state index in [1.54, 1.807) is 6.08 Å². The van der Waals surface area contributed by atoms with Crippen molar-refractivity contribution in [3.8, 4) is 0 Å². The van der Waals surface area contributed by atoms with Crippen LogP contribution >= 0.6 is 0 Å². The lowest BCUT2D eigenvalue weighted by molar-refractivity contribution is -0.115. The Morgan fingerprint density at radius 1 is 1.23 bits per heavy atom. The second kappa shape index (κ2) is 3.99. The molecule has 0 bridgehead atoms. The van der Waals surface area contributed by atoms with Gasteiger partial charge in [0.1, 0.15) is 0 Å². The number of carbonyl (C=O) groups excluding carboxylic acids is 2. The van der Waals surface area contributed by atoms with Crippen LogP contribution in [-0.2, 0) is 9.59 Å². The van der Waals surface area contributed by atoms with Gasteiger partial charge in [-0.25, -0.2) is 0 Å². The van der Waals surface area contributed by atoms with Gasteiger partial charge in [-0.15, -0.1) is 6.58 Å². The Bertz CT molecular complexity index is 319. The summed E-state index contributed by atoms with van der Waals surface area (Å²) in [6.45, 7) is 5.39. The van der Waals surface area contributed by atoms with E-state index in [1.165, 1.54) is 12.2 Å². The quantitative estimate of drug-likeness (QED) is 0.486. The van der Waals surface area contributed by atoms with Crippen LogP contribution in [0, 0.1) is 0 Å². The van der Waals surface area contributed by atoms with Crippen LogP contribution in [0.5, 0.6) is 0 Å². The van der Waals surface area contributed by atoms with Gasteiger partial charge in [-0.2, -0.15) is 0 Å². The Balaban J connectivity index is 2.91. The Labute approximate surface area is 77.6 Å². The second-order valence-corrected chi connectivity index (χ2v) is 2.91. The first-order valence-corrected chi connectivity index (χ1v) is 4.29. The van der Waals surface area contributed by atoms with Gasteiger partial charge < -0.3 is 0 Å². The number of hydrogen-bond donors (Lipinski definition) is 0. The van der Waals surface area contributed by atoms with E-state index in [4.69, 9.17) is 0 Å². The maximum absolute atomic E-state index is 11.4. The van der Waals surface area contributed by atoms with E-state index >= 15 is 0 Å². The van der Waals surface area contributed by atoms with E-state index < -0.39 is 0 Å². The van der Waals surface area contributed by atoms with Gasteiger partial charge in [0, 0.05) is 11.1 Å². The van der Waals surface area contributed by atoms with Crippen LogP contribution in [-0.4, -0.2) is 11.6 Å². The molecule has 0 saturated heterocycles. The Morgan fingerprint density at radius 2 is 1.77 bits per heavy atom. The molecule has 0 spiro atoms. The van der Waals surface area contributed by atoms with Crippen LogP contribution in [0.3, 0.4) is 0 Å². The molecule has 0 N–H and O–H groups in total. The largest absolute Gasteiger partial charge is 0.290 e. The number of rotatable bonds is 3. The average Bonchev–Trinajstić information content (AvgIpc) is 2.11. The van der Waals surface area contributed by atoms with Gasteiger partial charge in [0.15, 0.2) is 11.6 Å². The van der Waals surface area contributed by atoms with E-state index in [-0.39, 0.29) is 11.6 Å². The van der Waals surface area contributed by atoms with Gasteiger partial charge in [-0.1, -0.05) is 13.0 Å². The third kappa shape index (κ3) is 2.02. The fourth-order valence-electron chi connectivity index (χ4n) is 1.24. The second-order valence-electron chi connectivity index (χ2n) is 2.91. The monoisotopic (exact) mass is 176 g/mol. The molecule has 0 aromatic heterocycles. The summed E-state index contributed by atoms with van der Waals surface area (Å²) < 4.78 is 0. The summed E-state index contributed by atoms with van der Waals surface area (Å²) in [7, 11) is 0. The van der Waals surface area contributed by atoms with Gasteiger partial charge in [0.25, 0.3) is 0 Å². The van der Waals surface area contributed by atoms with E-state index in [0.717, 1.165) is 0 Å². The highest BCUT2D eigenvalue weighted by molar-refractivity contribution is 6.19. The Morgan fingerprint density at radius 3 is 2.31 bits per heavy atom. The average molecular weight is 176 g/mol. The van der Waals surface area contributed by atoms with Crippen molar-refractivity contribution in [3.63, 3.8) is 0 Å². The van der Waals surface area contributed by atoms with Crippen molar-refractivity contribution in [1.82, 2.24) is 0 Å². The number of allylic oxidation sites excluding steroid dienone is 5. The van der Waals surface area contributed by atoms with Crippen molar-refractivity contribution in [2.45, 2.75) is 19.8 Å². The molecule has 2 heteroatoms.